The second-order valence-corrected chi connectivity index (χ2v) is 5.26. The van der Waals surface area contributed by atoms with Crippen LogP contribution in [0, 0.1) is 11.3 Å². The second kappa shape index (κ2) is 7.40. The van der Waals surface area contributed by atoms with Crippen LogP contribution in [-0.4, -0.2) is 38.1 Å². The highest BCUT2D eigenvalue weighted by Crippen LogP contribution is 2.12. The molecule has 0 aliphatic rings. The van der Waals surface area contributed by atoms with Gasteiger partial charge in [0.25, 0.3) is 11.7 Å². The molecule has 1 aromatic carbocycles. The quantitative estimate of drug-likeness (QED) is 0.689. The molecule has 9 heteroatoms. The fourth-order valence-electron chi connectivity index (χ4n) is 2.41. The number of hydrogen-bond acceptors (Lipinski definition) is 7. The molecule has 2 heterocycles. The molecule has 0 spiro atoms. The number of hydrogen-bond donors (Lipinski definition) is 1. The molecule has 0 fully saturated rings. The van der Waals surface area contributed by atoms with Crippen LogP contribution in [0.4, 0.5) is 5.69 Å². The summed E-state index contributed by atoms with van der Waals surface area (Å²) in [6.45, 7) is 1.40. The maximum Gasteiger partial charge on any atom is 0.342 e. The lowest BCUT2D eigenvalue weighted by molar-refractivity contribution is -0.119. The predicted octanol–water partition coefficient (Wildman–Crippen LogP) is 1.35. The molecule has 130 valence electrons. The van der Waals surface area contributed by atoms with Crippen LogP contribution in [-0.2, 0) is 16.0 Å². The number of ether oxygens (including phenoxy) is 1. The van der Waals surface area contributed by atoms with Crippen LogP contribution in [0.15, 0.2) is 36.8 Å². The number of fused-ring (bicyclic) bond motifs is 1. The van der Waals surface area contributed by atoms with Gasteiger partial charge in [0.15, 0.2) is 6.61 Å². The van der Waals surface area contributed by atoms with E-state index in [1.165, 1.54) is 23.1 Å². The number of nitrogens with zero attached hydrogens (tertiary/aromatic N) is 5. The molecular formula is C17H14N6O3. The first-order valence-electron chi connectivity index (χ1n) is 7.77. The van der Waals surface area contributed by atoms with Gasteiger partial charge in [0.2, 0.25) is 0 Å². The van der Waals surface area contributed by atoms with Crippen molar-refractivity contribution in [2.24, 2.45) is 0 Å². The van der Waals surface area contributed by atoms with Gasteiger partial charge in [-0.15, -0.1) is 0 Å². The highest BCUT2D eigenvalue weighted by atomic mass is 16.5. The maximum atomic E-state index is 12.3. The lowest BCUT2D eigenvalue weighted by atomic mass is 10.2. The minimum Gasteiger partial charge on any atom is -0.452 e. The third-order valence-electron chi connectivity index (χ3n) is 3.57. The number of amides is 1. The molecule has 0 radical (unpaired) electrons. The van der Waals surface area contributed by atoms with Gasteiger partial charge in [-0.3, -0.25) is 4.79 Å². The van der Waals surface area contributed by atoms with Crippen LogP contribution < -0.4 is 5.32 Å². The Bertz CT molecular complexity index is 1020. The molecule has 1 amide bonds. The van der Waals surface area contributed by atoms with Crippen LogP contribution in [0.3, 0.4) is 0 Å². The number of carbonyl (C=O) groups excluding carboxylic acids is 2. The molecule has 9 nitrogen and oxygen atoms in total. The third-order valence-corrected chi connectivity index (χ3v) is 3.57. The Morgan fingerprint density at radius 1 is 1.35 bits per heavy atom. The average molecular weight is 350 g/mol. The normalized spacial score (nSPS) is 10.3. The Morgan fingerprint density at radius 2 is 2.19 bits per heavy atom. The standard InChI is InChI=1S/C17H14N6O3/c1-2-14-13(8-19-17-20-10-21-23(14)17)16(25)26-9-15(24)22-12-5-3-4-11(6-12)7-18/h3-6,8,10H,2,9H2,1H3,(H,22,24). The Balaban J connectivity index is 1.67. The molecule has 2 aromatic heterocycles. The molecule has 0 aliphatic carbocycles. The largest absolute Gasteiger partial charge is 0.452 e. The SMILES string of the molecule is CCc1c(C(=O)OCC(=O)Nc2cccc(C#N)c2)cnc2ncnn12. The average Bonchev–Trinajstić information content (AvgIpc) is 3.14. The minimum absolute atomic E-state index is 0.227. The molecule has 1 N–H and O–H groups in total. The number of aromatic nitrogens is 4. The van der Waals surface area contributed by atoms with Crippen molar-refractivity contribution >= 4 is 23.3 Å². The molecular weight excluding hydrogens is 336 g/mol. The van der Waals surface area contributed by atoms with Crippen LogP contribution in [0.25, 0.3) is 5.78 Å². The number of anilines is 1. The molecule has 0 aliphatic heterocycles. The topological polar surface area (TPSA) is 122 Å². The maximum absolute atomic E-state index is 12.3. The lowest BCUT2D eigenvalue weighted by Gasteiger charge is -2.09. The van der Waals surface area contributed by atoms with Gasteiger partial charge in [0, 0.05) is 11.9 Å². The first-order valence-corrected chi connectivity index (χ1v) is 7.77. The van der Waals surface area contributed by atoms with E-state index in [-0.39, 0.29) is 5.56 Å². The Kier molecular flexibility index (Phi) is 4.85. The molecule has 0 saturated heterocycles. The Labute approximate surface area is 148 Å². The molecule has 3 aromatic rings. The van der Waals surface area contributed by atoms with E-state index < -0.39 is 18.5 Å². The van der Waals surface area contributed by atoms with Crippen molar-refractivity contribution in [2.75, 3.05) is 11.9 Å². The van der Waals surface area contributed by atoms with Crippen LogP contribution >= 0.6 is 0 Å². The zero-order valence-corrected chi connectivity index (χ0v) is 13.8. The molecule has 0 bridgehead atoms. The highest BCUT2D eigenvalue weighted by Gasteiger charge is 2.18. The van der Waals surface area contributed by atoms with Gasteiger partial charge >= 0.3 is 5.97 Å². The van der Waals surface area contributed by atoms with E-state index in [0.717, 1.165) is 0 Å². The van der Waals surface area contributed by atoms with Gasteiger partial charge < -0.3 is 10.1 Å². The van der Waals surface area contributed by atoms with E-state index in [2.05, 4.69) is 20.4 Å². The first kappa shape index (κ1) is 17.0. The lowest BCUT2D eigenvalue weighted by Crippen LogP contribution is -2.22. The summed E-state index contributed by atoms with van der Waals surface area (Å²) in [4.78, 5) is 32.3. The Hall–Kier alpha value is -3.80. The zero-order chi connectivity index (χ0) is 18.5. The summed E-state index contributed by atoms with van der Waals surface area (Å²) in [5.41, 5.74) is 1.69. The van der Waals surface area contributed by atoms with Gasteiger partial charge in [-0.25, -0.2) is 14.3 Å². The van der Waals surface area contributed by atoms with Crippen molar-refractivity contribution in [3.8, 4) is 6.07 Å². The molecule has 3 rings (SSSR count). The number of carbonyl (C=O) groups is 2. The van der Waals surface area contributed by atoms with Gasteiger partial charge in [0.1, 0.15) is 6.33 Å². The van der Waals surface area contributed by atoms with Crippen LogP contribution in [0.2, 0.25) is 0 Å². The summed E-state index contributed by atoms with van der Waals surface area (Å²) in [5, 5.41) is 15.5. The highest BCUT2D eigenvalue weighted by molar-refractivity contribution is 5.96. The van der Waals surface area contributed by atoms with Crippen molar-refractivity contribution < 1.29 is 14.3 Å². The molecule has 0 saturated carbocycles. The van der Waals surface area contributed by atoms with E-state index in [1.807, 2.05) is 13.0 Å². The first-order chi connectivity index (χ1) is 12.6. The summed E-state index contributed by atoms with van der Waals surface area (Å²) in [6, 6.07) is 8.41. The summed E-state index contributed by atoms with van der Waals surface area (Å²) in [5.74, 6) is -0.803. The second-order valence-electron chi connectivity index (χ2n) is 5.26. The van der Waals surface area contributed by atoms with Crippen molar-refractivity contribution in [3.63, 3.8) is 0 Å². The number of nitriles is 1. The fourth-order valence-corrected chi connectivity index (χ4v) is 2.41. The van der Waals surface area contributed by atoms with Gasteiger partial charge in [-0.1, -0.05) is 13.0 Å². The number of benzene rings is 1. The third kappa shape index (κ3) is 3.49. The zero-order valence-electron chi connectivity index (χ0n) is 13.8. The number of esters is 1. The van der Waals surface area contributed by atoms with Gasteiger partial charge in [-0.2, -0.15) is 15.3 Å². The molecule has 0 unspecified atom stereocenters. The van der Waals surface area contributed by atoms with E-state index in [9.17, 15) is 9.59 Å². The van der Waals surface area contributed by atoms with Crippen molar-refractivity contribution in [3.05, 3.63) is 53.6 Å². The monoisotopic (exact) mass is 350 g/mol. The van der Waals surface area contributed by atoms with E-state index in [1.54, 1.807) is 18.2 Å². The summed E-state index contributed by atoms with van der Waals surface area (Å²) >= 11 is 0. The van der Waals surface area contributed by atoms with Gasteiger partial charge in [-0.05, 0) is 24.6 Å². The Morgan fingerprint density at radius 3 is 2.96 bits per heavy atom. The van der Waals surface area contributed by atoms with E-state index in [0.29, 0.717) is 29.1 Å². The van der Waals surface area contributed by atoms with E-state index >= 15 is 0 Å². The smallest absolute Gasteiger partial charge is 0.342 e. The number of nitrogens with one attached hydrogen (secondary N) is 1. The summed E-state index contributed by atoms with van der Waals surface area (Å²) in [7, 11) is 0. The van der Waals surface area contributed by atoms with E-state index in [4.69, 9.17) is 10.00 Å². The van der Waals surface area contributed by atoms with Crippen molar-refractivity contribution in [1.29, 1.82) is 5.26 Å². The number of aryl methyl sites for hydroxylation is 1. The number of rotatable bonds is 5. The summed E-state index contributed by atoms with van der Waals surface area (Å²) in [6.07, 6.45) is 3.22. The summed E-state index contributed by atoms with van der Waals surface area (Å²) < 4.78 is 6.53. The van der Waals surface area contributed by atoms with Crippen molar-refractivity contribution in [2.45, 2.75) is 13.3 Å². The molecule has 26 heavy (non-hydrogen) atoms. The van der Waals surface area contributed by atoms with Gasteiger partial charge in [0.05, 0.1) is 22.9 Å². The predicted molar refractivity (Wildman–Crippen MR) is 90.2 cm³/mol. The van der Waals surface area contributed by atoms with Crippen LogP contribution in [0.1, 0.15) is 28.5 Å². The van der Waals surface area contributed by atoms with Crippen molar-refractivity contribution in [1.82, 2.24) is 19.6 Å². The fraction of sp³-hybridized carbons (Fsp3) is 0.176. The minimum atomic E-state index is -0.673. The van der Waals surface area contributed by atoms with Crippen LogP contribution in [0.5, 0.6) is 0 Å². The molecule has 0 atom stereocenters.